The molecule has 4 atom stereocenters. The molecule has 2 aliphatic heterocycles. The fourth-order valence-corrected chi connectivity index (χ4v) is 5.58. The molecule has 1 fully saturated rings. The van der Waals surface area contributed by atoms with Crippen molar-refractivity contribution in [2.75, 3.05) is 0 Å². The molecule has 0 saturated carbocycles. The van der Waals surface area contributed by atoms with Crippen LogP contribution in [-0.2, 0) is 11.3 Å². The summed E-state index contributed by atoms with van der Waals surface area (Å²) in [4.78, 5) is 15.6. The molecule has 30 heavy (non-hydrogen) atoms. The maximum absolute atomic E-state index is 13.5. The summed E-state index contributed by atoms with van der Waals surface area (Å²) in [6.07, 6.45) is 12.0. The third kappa shape index (κ3) is 3.31. The van der Waals surface area contributed by atoms with Gasteiger partial charge in [-0.1, -0.05) is 72.8 Å². The number of benzene rings is 2. The van der Waals surface area contributed by atoms with Gasteiger partial charge in [-0.2, -0.15) is 0 Å². The molecule has 1 saturated heterocycles. The number of carbonyl (C=O) groups excluding carboxylic acids is 1. The van der Waals surface area contributed by atoms with Crippen molar-refractivity contribution in [1.29, 1.82) is 0 Å². The minimum absolute atomic E-state index is 0.0772. The molecule has 2 aromatic rings. The third-order valence-corrected chi connectivity index (χ3v) is 7.27. The topological polar surface area (TPSA) is 29.5 Å². The minimum Gasteiger partial charge on any atom is -0.369 e. The molecular formula is C27H29NO2. The van der Waals surface area contributed by atoms with Crippen LogP contribution < -0.4 is 0 Å². The Labute approximate surface area is 179 Å². The number of ether oxygens (including phenoxy) is 1. The van der Waals surface area contributed by atoms with Gasteiger partial charge in [-0.15, -0.1) is 0 Å². The zero-order chi connectivity index (χ0) is 20.6. The summed E-state index contributed by atoms with van der Waals surface area (Å²) in [6, 6.07) is 20.4. The van der Waals surface area contributed by atoms with E-state index in [9.17, 15) is 4.79 Å². The second kappa shape index (κ2) is 7.88. The molecule has 4 aliphatic rings. The van der Waals surface area contributed by atoms with E-state index < -0.39 is 0 Å². The molecule has 2 aromatic carbocycles. The van der Waals surface area contributed by atoms with Crippen molar-refractivity contribution >= 4 is 5.91 Å². The Morgan fingerprint density at radius 1 is 1.00 bits per heavy atom. The molecule has 0 N–H and O–H groups in total. The zero-order valence-electron chi connectivity index (χ0n) is 17.5. The highest BCUT2D eigenvalue weighted by Crippen LogP contribution is 2.49. The van der Waals surface area contributed by atoms with E-state index in [0.717, 1.165) is 24.8 Å². The van der Waals surface area contributed by atoms with Crippen LogP contribution in [-0.4, -0.2) is 28.5 Å². The van der Waals surface area contributed by atoms with Crippen LogP contribution in [0.15, 0.2) is 85.0 Å². The Kier molecular flexibility index (Phi) is 5.08. The van der Waals surface area contributed by atoms with E-state index in [2.05, 4.69) is 60.4 Å². The third-order valence-electron chi connectivity index (χ3n) is 7.27. The number of rotatable bonds is 5. The van der Waals surface area contributed by atoms with Crippen molar-refractivity contribution in [3.8, 4) is 0 Å². The van der Waals surface area contributed by atoms with Crippen LogP contribution in [0.3, 0.4) is 0 Å². The largest absolute Gasteiger partial charge is 0.369 e. The number of hydrogen-bond acceptors (Lipinski definition) is 2. The van der Waals surface area contributed by atoms with Crippen molar-refractivity contribution in [2.24, 2.45) is 11.8 Å². The van der Waals surface area contributed by atoms with E-state index in [1.165, 1.54) is 5.56 Å². The summed E-state index contributed by atoms with van der Waals surface area (Å²) in [7, 11) is 0. The van der Waals surface area contributed by atoms with Crippen LogP contribution in [0.2, 0.25) is 0 Å². The number of amides is 1. The highest BCUT2D eigenvalue weighted by molar-refractivity contribution is 5.95. The van der Waals surface area contributed by atoms with Crippen LogP contribution in [0.1, 0.15) is 42.1 Å². The Balaban J connectivity index is 1.43. The normalized spacial score (nSPS) is 28.8. The molecule has 0 spiro atoms. The van der Waals surface area contributed by atoms with Gasteiger partial charge in [0.15, 0.2) is 0 Å². The molecule has 3 heteroatoms. The Bertz CT molecular complexity index is 941. The lowest BCUT2D eigenvalue weighted by Gasteiger charge is -2.55. The average molecular weight is 400 g/mol. The number of fused-ring (bicyclic) bond motifs is 2. The predicted molar refractivity (Wildman–Crippen MR) is 119 cm³/mol. The van der Waals surface area contributed by atoms with E-state index >= 15 is 0 Å². The summed E-state index contributed by atoms with van der Waals surface area (Å²) >= 11 is 0. The van der Waals surface area contributed by atoms with Gasteiger partial charge >= 0.3 is 0 Å². The first-order valence-corrected chi connectivity index (χ1v) is 11.1. The standard InChI is InChI=1S/C27H29NO2/c1-20-23-14-15-25(28(20)26(29)22-12-6-3-7-13-22)24(18-23)27(16-8-9-17-27)30-19-21-10-4-2-5-11-21/h2-15,20,23-25H,16-19H2,1H3/t20-,23-,24+,25+/m1/s1. The van der Waals surface area contributed by atoms with Crippen molar-refractivity contribution in [3.05, 3.63) is 96.1 Å². The van der Waals surface area contributed by atoms with Gasteiger partial charge in [-0.3, -0.25) is 4.79 Å². The van der Waals surface area contributed by atoms with Crippen LogP contribution in [0.5, 0.6) is 0 Å². The minimum atomic E-state index is -0.237. The summed E-state index contributed by atoms with van der Waals surface area (Å²) < 4.78 is 6.70. The van der Waals surface area contributed by atoms with Gasteiger partial charge in [-0.25, -0.2) is 0 Å². The van der Waals surface area contributed by atoms with Gasteiger partial charge < -0.3 is 9.64 Å². The molecule has 0 radical (unpaired) electrons. The Hall–Kier alpha value is -2.65. The van der Waals surface area contributed by atoms with Gasteiger partial charge in [0.2, 0.25) is 0 Å². The van der Waals surface area contributed by atoms with E-state index in [1.54, 1.807) is 0 Å². The summed E-state index contributed by atoms with van der Waals surface area (Å²) in [5.41, 5.74) is 1.73. The molecule has 0 unspecified atom stereocenters. The summed E-state index contributed by atoms with van der Waals surface area (Å²) in [5.74, 6) is 0.817. The number of hydrogen-bond donors (Lipinski definition) is 0. The van der Waals surface area contributed by atoms with Crippen molar-refractivity contribution in [1.82, 2.24) is 4.90 Å². The van der Waals surface area contributed by atoms with Crippen LogP contribution in [0, 0.1) is 11.8 Å². The number of carbonyl (C=O) groups is 1. The van der Waals surface area contributed by atoms with Crippen molar-refractivity contribution in [3.63, 3.8) is 0 Å². The summed E-state index contributed by atoms with van der Waals surface area (Å²) in [5, 5.41) is 0. The highest BCUT2D eigenvalue weighted by atomic mass is 16.5. The fourth-order valence-electron chi connectivity index (χ4n) is 5.58. The molecule has 2 bridgehead atoms. The van der Waals surface area contributed by atoms with E-state index in [1.807, 2.05) is 36.4 Å². The van der Waals surface area contributed by atoms with Gasteiger partial charge in [0.05, 0.1) is 18.2 Å². The Morgan fingerprint density at radius 3 is 2.37 bits per heavy atom. The first-order chi connectivity index (χ1) is 14.7. The second-order valence-electron chi connectivity index (χ2n) is 8.92. The molecule has 6 rings (SSSR count). The monoisotopic (exact) mass is 399 g/mol. The van der Waals surface area contributed by atoms with E-state index in [0.29, 0.717) is 18.4 Å². The predicted octanol–water partition coefficient (Wildman–Crippen LogP) is 5.40. The maximum Gasteiger partial charge on any atom is 0.254 e. The molecule has 1 amide bonds. The van der Waals surface area contributed by atoms with E-state index in [-0.39, 0.29) is 23.6 Å². The smallest absolute Gasteiger partial charge is 0.254 e. The van der Waals surface area contributed by atoms with Gasteiger partial charge in [0.1, 0.15) is 0 Å². The van der Waals surface area contributed by atoms with Crippen molar-refractivity contribution in [2.45, 2.75) is 50.5 Å². The van der Waals surface area contributed by atoms with Crippen molar-refractivity contribution < 1.29 is 9.53 Å². The lowest BCUT2D eigenvalue weighted by molar-refractivity contribution is -0.126. The average Bonchev–Trinajstić information content (AvgIpc) is 3.29. The van der Waals surface area contributed by atoms with Gasteiger partial charge in [0, 0.05) is 17.5 Å². The summed E-state index contributed by atoms with van der Waals surface area (Å²) in [6.45, 7) is 2.81. The van der Waals surface area contributed by atoms with Crippen LogP contribution >= 0.6 is 0 Å². The SMILES string of the molecule is C[C@@H]1[C@@H]2C=C[C@@H]([C@@H](C3(OCc4ccccc4)CC=CC3)C2)N1C(=O)c1ccccc1. The molecular weight excluding hydrogens is 370 g/mol. The van der Waals surface area contributed by atoms with E-state index in [4.69, 9.17) is 4.74 Å². The van der Waals surface area contributed by atoms with Crippen LogP contribution in [0.4, 0.5) is 0 Å². The van der Waals surface area contributed by atoms with Gasteiger partial charge in [-0.05, 0) is 49.8 Å². The number of nitrogens with zero attached hydrogens (tertiary/aromatic N) is 1. The molecule has 3 nitrogen and oxygen atoms in total. The fraction of sp³-hybridized carbons (Fsp3) is 0.370. The molecule has 154 valence electrons. The van der Waals surface area contributed by atoms with Gasteiger partial charge in [0.25, 0.3) is 5.91 Å². The van der Waals surface area contributed by atoms with Crippen LogP contribution in [0.25, 0.3) is 0 Å². The Morgan fingerprint density at radius 2 is 1.67 bits per heavy atom. The number of piperidine rings is 1. The first-order valence-electron chi connectivity index (χ1n) is 11.1. The zero-order valence-corrected chi connectivity index (χ0v) is 17.5. The first kappa shape index (κ1) is 19.3. The quantitative estimate of drug-likeness (QED) is 0.630. The highest BCUT2D eigenvalue weighted by Gasteiger charge is 2.53. The lowest BCUT2D eigenvalue weighted by Crippen LogP contribution is -2.62. The molecule has 2 heterocycles. The second-order valence-corrected chi connectivity index (χ2v) is 8.92. The molecule has 2 aliphatic carbocycles. The molecule has 0 aromatic heterocycles. The lowest BCUT2D eigenvalue weighted by atomic mass is 9.66. The maximum atomic E-state index is 13.5.